The average molecular weight is 430 g/mol. The Bertz CT molecular complexity index is 937. The van der Waals surface area contributed by atoms with Gasteiger partial charge < -0.3 is 19.5 Å². The number of likely N-dealkylation sites (tertiary alicyclic amines) is 1. The van der Waals surface area contributed by atoms with E-state index in [1.807, 2.05) is 36.4 Å². The zero-order chi connectivity index (χ0) is 21.3. The van der Waals surface area contributed by atoms with Gasteiger partial charge in [-0.2, -0.15) is 0 Å². The van der Waals surface area contributed by atoms with Crippen molar-refractivity contribution in [3.8, 4) is 11.5 Å². The van der Waals surface area contributed by atoms with E-state index in [9.17, 15) is 9.90 Å². The Morgan fingerprint density at radius 1 is 1.13 bits per heavy atom. The van der Waals surface area contributed by atoms with Crippen LogP contribution in [0.3, 0.4) is 0 Å². The smallest absolute Gasteiger partial charge is 0.167 e. The third kappa shape index (κ3) is 4.07. The molecule has 2 aromatic carbocycles. The highest BCUT2D eigenvalue weighted by atomic mass is 35.5. The topological polar surface area (TPSA) is 59.0 Å². The van der Waals surface area contributed by atoms with Crippen molar-refractivity contribution < 1.29 is 19.4 Å². The van der Waals surface area contributed by atoms with Gasteiger partial charge in [0.25, 0.3) is 0 Å². The molecule has 6 heteroatoms. The van der Waals surface area contributed by atoms with Gasteiger partial charge in [0.2, 0.25) is 0 Å². The van der Waals surface area contributed by atoms with Crippen LogP contribution in [-0.2, 0) is 12.0 Å². The van der Waals surface area contributed by atoms with Gasteiger partial charge in [-0.25, -0.2) is 0 Å². The molecule has 1 atom stereocenters. The third-order valence-electron chi connectivity index (χ3n) is 6.53. The first kappa shape index (κ1) is 21.2. The van der Waals surface area contributed by atoms with Crippen LogP contribution in [0.1, 0.15) is 40.7 Å². The second-order valence-corrected chi connectivity index (χ2v) is 8.74. The van der Waals surface area contributed by atoms with Crippen molar-refractivity contribution in [3.63, 3.8) is 0 Å². The molecule has 0 saturated carbocycles. The van der Waals surface area contributed by atoms with E-state index in [1.165, 1.54) is 0 Å². The van der Waals surface area contributed by atoms with Crippen molar-refractivity contribution in [1.29, 1.82) is 0 Å². The minimum atomic E-state index is -0.853. The van der Waals surface area contributed by atoms with Crippen LogP contribution in [0.4, 0.5) is 0 Å². The van der Waals surface area contributed by atoms with Crippen LogP contribution < -0.4 is 9.47 Å². The zero-order valence-electron chi connectivity index (χ0n) is 17.5. The van der Waals surface area contributed by atoms with E-state index in [1.54, 1.807) is 14.2 Å². The molecule has 1 N–H and O–H groups in total. The fourth-order valence-electron chi connectivity index (χ4n) is 4.70. The van der Waals surface area contributed by atoms with E-state index < -0.39 is 5.60 Å². The summed E-state index contributed by atoms with van der Waals surface area (Å²) in [5, 5.41) is 11.7. The van der Waals surface area contributed by atoms with Gasteiger partial charge >= 0.3 is 0 Å². The van der Waals surface area contributed by atoms with E-state index in [0.717, 1.165) is 49.2 Å². The predicted molar refractivity (Wildman–Crippen MR) is 117 cm³/mol. The molecule has 1 aliphatic carbocycles. The number of hydrogen-bond acceptors (Lipinski definition) is 5. The van der Waals surface area contributed by atoms with E-state index in [4.69, 9.17) is 21.1 Å². The van der Waals surface area contributed by atoms with Crippen LogP contribution in [0.2, 0.25) is 5.02 Å². The lowest BCUT2D eigenvalue weighted by Crippen LogP contribution is -2.45. The van der Waals surface area contributed by atoms with Crippen molar-refractivity contribution in [1.82, 2.24) is 4.90 Å². The lowest BCUT2D eigenvalue weighted by atomic mass is 9.80. The van der Waals surface area contributed by atoms with Crippen LogP contribution >= 0.6 is 11.6 Å². The van der Waals surface area contributed by atoms with Gasteiger partial charge in [0.05, 0.1) is 19.8 Å². The predicted octanol–water partition coefficient (Wildman–Crippen LogP) is 4.09. The summed E-state index contributed by atoms with van der Waals surface area (Å²) < 4.78 is 10.8. The molecule has 0 aromatic heterocycles. The van der Waals surface area contributed by atoms with Gasteiger partial charge in [-0.1, -0.05) is 23.7 Å². The molecular weight excluding hydrogens is 402 g/mol. The number of fused-ring (bicyclic) bond motifs is 1. The summed E-state index contributed by atoms with van der Waals surface area (Å²) in [6.45, 7) is 2.23. The number of carbonyl (C=O) groups excluding carboxylic acids is 1. The summed E-state index contributed by atoms with van der Waals surface area (Å²) in [7, 11) is 3.20. The van der Waals surface area contributed by atoms with E-state index in [0.29, 0.717) is 29.4 Å². The first-order valence-electron chi connectivity index (χ1n) is 10.4. The Balaban J connectivity index is 1.42. The number of aryl methyl sites for hydroxylation is 1. The number of hydrogen-bond donors (Lipinski definition) is 1. The van der Waals surface area contributed by atoms with Crippen molar-refractivity contribution in [2.45, 2.75) is 31.3 Å². The van der Waals surface area contributed by atoms with Gasteiger partial charge in [-0.15, -0.1) is 0 Å². The zero-order valence-corrected chi connectivity index (χ0v) is 18.2. The molecule has 30 heavy (non-hydrogen) atoms. The number of methoxy groups -OCH3 is 2. The third-order valence-corrected chi connectivity index (χ3v) is 6.77. The van der Waals surface area contributed by atoms with Gasteiger partial charge in [-0.3, -0.25) is 4.79 Å². The van der Waals surface area contributed by atoms with E-state index >= 15 is 0 Å². The van der Waals surface area contributed by atoms with Crippen molar-refractivity contribution >= 4 is 17.4 Å². The minimum Gasteiger partial charge on any atom is -0.493 e. The summed E-state index contributed by atoms with van der Waals surface area (Å²) >= 11 is 6.11. The number of rotatable bonds is 5. The first-order valence-corrected chi connectivity index (χ1v) is 10.8. The average Bonchev–Trinajstić information content (AvgIpc) is 2.76. The summed E-state index contributed by atoms with van der Waals surface area (Å²) in [5.41, 5.74) is 1.80. The Morgan fingerprint density at radius 3 is 2.50 bits per heavy atom. The van der Waals surface area contributed by atoms with Crippen molar-refractivity contribution in [3.05, 3.63) is 58.1 Å². The van der Waals surface area contributed by atoms with E-state index in [2.05, 4.69) is 4.90 Å². The SMILES string of the molecule is COc1cc2c(cc1OC)C(=O)C(CN1CCC(O)(c3cccc(Cl)c3)CC1)CC2. The molecule has 2 aliphatic rings. The fourth-order valence-corrected chi connectivity index (χ4v) is 4.89. The monoisotopic (exact) mass is 429 g/mol. The molecule has 2 aromatic rings. The molecule has 4 rings (SSSR count). The van der Waals surface area contributed by atoms with Crippen LogP contribution in [0.25, 0.3) is 0 Å². The standard InChI is InChI=1S/C24H28ClNO4/c1-29-21-12-16-6-7-17(23(27)20(16)14-22(21)30-2)15-26-10-8-24(28,9-11-26)18-4-3-5-19(25)13-18/h3-5,12-14,17,28H,6-11,15H2,1-2H3. The van der Waals surface area contributed by atoms with Gasteiger partial charge in [0.15, 0.2) is 17.3 Å². The lowest BCUT2D eigenvalue weighted by Gasteiger charge is -2.40. The molecular formula is C24H28ClNO4. The second-order valence-electron chi connectivity index (χ2n) is 8.31. The Kier molecular flexibility index (Phi) is 6.05. The maximum absolute atomic E-state index is 13.2. The largest absolute Gasteiger partial charge is 0.493 e. The summed E-state index contributed by atoms with van der Waals surface area (Å²) in [4.78, 5) is 15.5. The minimum absolute atomic E-state index is 0.0343. The number of carbonyl (C=O) groups is 1. The fraction of sp³-hybridized carbons (Fsp3) is 0.458. The van der Waals surface area contributed by atoms with Crippen molar-refractivity contribution in [2.24, 2.45) is 5.92 Å². The molecule has 1 saturated heterocycles. The van der Waals surface area contributed by atoms with Gasteiger partial charge in [-0.05, 0) is 61.1 Å². The molecule has 1 aliphatic heterocycles. The molecule has 0 spiro atoms. The summed E-state index contributed by atoms with van der Waals surface area (Å²) in [5.74, 6) is 1.40. The van der Waals surface area contributed by atoms with Gasteiger partial charge in [0.1, 0.15) is 0 Å². The Labute approximate surface area is 182 Å². The lowest BCUT2D eigenvalue weighted by molar-refractivity contribution is -0.0283. The molecule has 1 fully saturated rings. The molecule has 1 heterocycles. The Hall–Kier alpha value is -2.08. The highest BCUT2D eigenvalue weighted by molar-refractivity contribution is 6.30. The summed E-state index contributed by atoms with van der Waals surface area (Å²) in [6, 6.07) is 11.2. The van der Waals surface area contributed by atoms with Crippen molar-refractivity contribution in [2.75, 3.05) is 33.9 Å². The maximum Gasteiger partial charge on any atom is 0.167 e. The molecule has 1 unspecified atom stereocenters. The van der Waals surface area contributed by atoms with Crippen LogP contribution in [0.5, 0.6) is 11.5 Å². The number of aliphatic hydroxyl groups is 1. The highest BCUT2D eigenvalue weighted by Gasteiger charge is 2.36. The Morgan fingerprint density at radius 2 is 1.83 bits per heavy atom. The van der Waals surface area contributed by atoms with Crippen LogP contribution in [0.15, 0.2) is 36.4 Å². The molecule has 0 radical (unpaired) electrons. The molecule has 0 amide bonds. The number of halogens is 1. The number of Topliss-reactive ketones (excluding diaryl/α,β-unsaturated/α-hetero) is 1. The van der Waals surface area contributed by atoms with Gasteiger partial charge in [0, 0.05) is 36.1 Å². The number of piperidine rings is 1. The molecule has 0 bridgehead atoms. The number of ketones is 1. The maximum atomic E-state index is 13.2. The highest BCUT2D eigenvalue weighted by Crippen LogP contribution is 2.37. The van der Waals surface area contributed by atoms with Crippen LogP contribution in [-0.4, -0.2) is 49.6 Å². The number of benzene rings is 2. The number of ether oxygens (including phenoxy) is 2. The number of nitrogens with zero attached hydrogens (tertiary/aromatic N) is 1. The second kappa shape index (κ2) is 8.58. The summed E-state index contributed by atoms with van der Waals surface area (Å²) in [6.07, 6.45) is 2.95. The molecule has 160 valence electrons. The van der Waals surface area contributed by atoms with Crippen LogP contribution in [0, 0.1) is 5.92 Å². The normalized spacial score (nSPS) is 21.2. The first-order chi connectivity index (χ1) is 14.4. The molecule has 5 nitrogen and oxygen atoms in total. The van der Waals surface area contributed by atoms with E-state index in [-0.39, 0.29) is 11.7 Å². The quantitative estimate of drug-likeness (QED) is 0.775.